The molecule has 5 N–H and O–H groups in total. The molecule has 0 heterocycles. The first kappa shape index (κ1) is 28.6. The highest BCUT2D eigenvalue weighted by Gasteiger charge is 2.16. The van der Waals surface area contributed by atoms with Crippen molar-refractivity contribution >= 4 is 35.4 Å². The Labute approximate surface area is 200 Å². The molecule has 0 aliphatic heterocycles. The average Bonchev–Trinajstić information content (AvgIpc) is 2.75. The number of carbonyl (C=O) groups excluding carboxylic acids is 1. The molecule has 0 spiro atoms. The van der Waals surface area contributed by atoms with E-state index in [1.165, 1.54) is 6.07 Å². The highest BCUT2D eigenvalue weighted by molar-refractivity contribution is 5.83. The minimum atomic E-state index is -1.21. The van der Waals surface area contributed by atoms with E-state index in [0.717, 1.165) is 11.4 Å². The minimum Gasteiger partial charge on any atom is -0.492 e. The molecule has 0 bridgehead atoms. The van der Waals surface area contributed by atoms with Gasteiger partial charge in [0.2, 0.25) is 6.41 Å². The number of amides is 1. The van der Waals surface area contributed by atoms with Crippen molar-refractivity contribution < 1.29 is 18.3 Å². The quantitative estimate of drug-likeness (QED) is 0.199. The number of primary amides is 1. The number of nitrogens with one attached hydrogen (secondary N) is 3. The maximum Gasteiger partial charge on any atom is 0.204 e. The highest BCUT2D eigenvalue weighted by Crippen LogP contribution is 2.33. The average molecular weight is 476 g/mol. The van der Waals surface area contributed by atoms with E-state index in [2.05, 4.69) is 33.3 Å². The molecule has 1 amide bonds. The number of alkyl halides is 1. The van der Waals surface area contributed by atoms with Gasteiger partial charge in [-0.2, -0.15) is 0 Å². The van der Waals surface area contributed by atoms with Gasteiger partial charge in [0.05, 0.1) is 11.3 Å². The molecule has 0 unspecified atom stereocenters. The number of hydrogen-bond donors (Lipinski definition) is 4. The predicted molar refractivity (Wildman–Crippen MR) is 137 cm³/mol. The Kier molecular flexibility index (Phi) is 12.3. The number of likely N-dealkylation sites (N-methyl/N-ethyl adjacent to an activating group) is 1. The van der Waals surface area contributed by atoms with Gasteiger partial charge in [0.15, 0.2) is 0 Å². The van der Waals surface area contributed by atoms with E-state index in [1.54, 1.807) is 33.1 Å². The molecule has 2 aromatic carbocycles. The number of hydrogen-bond acceptors (Lipinski definition) is 6. The van der Waals surface area contributed by atoms with Crippen molar-refractivity contribution in [3.05, 3.63) is 54.4 Å². The molecule has 0 aliphatic carbocycles. The fraction of sp³-hybridized carbons (Fsp3) is 0.360. The second-order valence-corrected chi connectivity index (χ2v) is 7.85. The molecule has 9 heteroatoms. The van der Waals surface area contributed by atoms with E-state index in [1.807, 2.05) is 31.3 Å². The Morgan fingerprint density at radius 1 is 1.21 bits per heavy atom. The number of benzene rings is 2. The fourth-order valence-corrected chi connectivity index (χ4v) is 2.87. The van der Waals surface area contributed by atoms with Crippen molar-refractivity contribution in [1.82, 2.24) is 5.32 Å². The Morgan fingerprint density at radius 3 is 2.38 bits per heavy atom. The molecule has 7 nitrogen and oxygen atoms in total. The zero-order chi connectivity index (χ0) is 25.6. The molecule has 0 aromatic heterocycles. The number of aliphatic imine (C=N–C) groups is 1. The summed E-state index contributed by atoms with van der Waals surface area (Å²) in [7, 11) is 1.82. The van der Waals surface area contributed by atoms with Crippen LogP contribution < -0.4 is 26.4 Å². The predicted octanol–water partition coefficient (Wildman–Crippen LogP) is 4.88. The molecule has 0 atom stereocenters. The van der Waals surface area contributed by atoms with Crippen LogP contribution >= 0.6 is 0 Å². The Balaban J connectivity index is 0.00000182. The topological polar surface area (TPSA) is 101 Å². The van der Waals surface area contributed by atoms with Crippen molar-refractivity contribution in [3.8, 4) is 5.75 Å². The first-order chi connectivity index (χ1) is 16.1. The van der Waals surface area contributed by atoms with Crippen LogP contribution in [0.5, 0.6) is 5.75 Å². The first-order valence-corrected chi connectivity index (χ1v) is 10.9. The normalized spacial score (nSPS) is 10.9. The fourth-order valence-electron chi connectivity index (χ4n) is 2.87. The van der Waals surface area contributed by atoms with Gasteiger partial charge in [-0.15, -0.1) is 0 Å². The molecule has 0 fully saturated rings. The molecule has 2 rings (SSSR count). The summed E-state index contributed by atoms with van der Waals surface area (Å²) in [6, 6.07) is 10.5. The van der Waals surface area contributed by atoms with Crippen LogP contribution in [0.1, 0.15) is 32.8 Å². The molecular formula is C25H35F2N5O2. The standard InChI is InChI=1S/C24H32F2N4O.CH3NO/c1-6-28-22-16-20(31-14-13-27-5)15-21(25)23(22)17(2)30-19-9-7-18(8-10-19)29-12-11-24(3,4)26;2-1-3/h6-10,15-16,27,29-30H,2,11-14H2,1,3-5H3;1H,(H2,2,3). The van der Waals surface area contributed by atoms with Crippen LogP contribution in [0.4, 0.5) is 25.8 Å². The summed E-state index contributed by atoms with van der Waals surface area (Å²) in [6.07, 6.45) is 2.26. The molecule has 0 aliphatic rings. The summed E-state index contributed by atoms with van der Waals surface area (Å²) in [5.41, 5.74) is 5.70. The maximum absolute atomic E-state index is 14.9. The van der Waals surface area contributed by atoms with E-state index in [0.29, 0.717) is 43.3 Å². The van der Waals surface area contributed by atoms with Crippen LogP contribution in [0, 0.1) is 5.82 Å². The van der Waals surface area contributed by atoms with Gasteiger partial charge in [-0.05, 0) is 58.5 Å². The van der Waals surface area contributed by atoms with Gasteiger partial charge in [0.1, 0.15) is 23.8 Å². The van der Waals surface area contributed by atoms with Crippen LogP contribution in [0.2, 0.25) is 0 Å². The Bertz CT molecular complexity index is 942. The number of nitrogens with zero attached hydrogens (tertiary/aromatic N) is 1. The van der Waals surface area contributed by atoms with E-state index < -0.39 is 11.5 Å². The molecule has 0 radical (unpaired) electrons. The number of anilines is 2. The lowest BCUT2D eigenvalue weighted by Gasteiger charge is -2.16. The number of halogens is 2. The summed E-state index contributed by atoms with van der Waals surface area (Å²) in [5, 5.41) is 9.30. The van der Waals surface area contributed by atoms with Gasteiger partial charge in [-0.3, -0.25) is 9.79 Å². The lowest BCUT2D eigenvalue weighted by molar-refractivity contribution is -0.106. The van der Waals surface area contributed by atoms with Gasteiger partial charge in [-0.25, -0.2) is 8.78 Å². The summed E-state index contributed by atoms with van der Waals surface area (Å²) in [5.74, 6) is -0.0519. The number of nitrogens with two attached hydrogens (primary N) is 1. The molecule has 0 saturated heterocycles. The van der Waals surface area contributed by atoms with Crippen molar-refractivity contribution in [2.75, 3.05) is 37.4 Å². The number of rotatable bonds is 12. The van der Waals surface area contributed by atoms with E-state index in [4.69, 9.17) is 9.53 Å². The van der Waals surface area contributed by atoms with Gasteiger partial charge in [0, 0.05) is 48.5 Å². The van der Waals surface area contributed by atoms with E-state index in [9.17, 15) is 8.78 Å². The lowest BCUT2D eigenvalue weighted by Crippen LogP contribution is -2.17. The van der Waals surface area contributed by atoms with Crippen molar-refractivity contribution in [3.63, 3.8) is 0 Å². The third-order valence-electron chi connectivity index (χ3n) is 4.46. The van der Waals surface area contributed by atoms with Gasteiger partial charge < -0.3 is 26.4 Å². The molecule has 2 aromatic rings. The zero-order valence-corrected chi connectivity index (χ0v) is 20.3. The van der Waals surface area contributed by atoms with Crippen LogP contribution in [0.3, 0.4) is 0 Å². The van der Waals surface area contributed by atoms with Crippen molar-refractivity contribution in [1.29, 1.82) is 0 Å². The van der Waals surface area contributed by atoms with Crippen molar-refractivity contribution in [2.45, 2.75) is 32.9 Å². The zero-order valence-electron chi connectivity index (χ0n) is 20.3. The molecular weight excluding hydrogens is 440 g/mol. The third kappa shape index (κ3) is 10.4. The lowest BCUT2D eigenvalue weighted by atomic mass is 10.1. The summed E-state index contributed by atoms with van der Waals surface area (Å²) < 4.78 is 34.0. The maximum atomic E-state index is 14.9. The van der Waals surface area contributed by atoms with Crippen LogP contribution in [-0.2, 0) is 4.79 Å². The second kappa shape index (κ2) is 14.6. The van der Waals surface area contributed by atoms with Gasteiger partial charge in [0.25, 0.3) is 0 Å². The minimum absolute atomic E-state index is 0.250. The van der Waals surface area contributed by atoms with Gasteiger partial charge in [-0.1, -0.05) is 6.58 Å². The molecule has 186 valence electrons. The third-order valence-corrected chi connectivity index (χ3v) is 4.46. The number of ether oxygens (including phenoxy) is 1. The summed E-state index contributed by atoms with van der Waals surface area (Å²) >= 11 is 0. The highest BCUT2D eigenvalue weighted by atomic mass is 19.1. The Morgan fingerprint density at radius 2 is 1.82 bits per heavy atom. The monoisotopic (exact) mass is 475 g/mol. The van der Waals surface area contributed by atoms with Gasteiger partial charge >= 0.3 is 0 Å². The molecule has 34 heavy (non-hydrogen) atoms. The first-order valence-electron chi connectivity index (χ1n) is 10.9. The van der Waals surface area contributed by atoms with Crippen LogP contribution in [0.25, 0.3) is 5.70 Å². The second-order valence-electron chi connectivity index (χ2n) is 7.85. The van der Waals surface area contributed by atoms with E-state index in [-0.39, 0.29) is 12.0 Å². The molecule has 0 saturated carbocycles. The van der Waals surface area contributed by atoms with Crippen LogP contribution in [0.15, 0.2) is 48.0 Å². The summed E-state index contributed by atoms with van der Waals surface area (Å²) in [6.45, 7) is 10.5. The van der Waals surface area contributed by atoms with Crippen molar-refractivity contribution in [2.24, 2.45) is 10.7 Å². The van der Waals surface area contributed by atoms with Crippen LogP contribution in [-0.4, -0.2) is 45.0 Å². The largest absolute Gasteiger partial charge is 0.492 e. The smallest absolute Gasteiger partial charge is 0.204 e. The van der Waals surface area contributed by atoms with E-state index >= 15 is 0 Å². The summed E-state index contributed by atoms with van der Waals surface area (Å²) in [4.78, 5) is 12.9. The SMILES string of the molecule is C=C(Nc1ccc(NCCC(C)(C)F)cc1)c1c(F)cc(OCCNC)cc1N=CC.NC=O. The number of carbonyl (C=O) groups is 1. The Hall–Kier alpha value is -3.46.